The van der Waals surface area contributed by atoms with E-state index in [9.17, 15) is 9.59 Å². The molecule has 2 aliphatic rings. The van der Waals surface area contributed by atoms with Crippen LogP contribution in [0.2, 0.25) is 0 Å². The van der Waals surface area contributed by atoms with E-state index in [1.54, 1.807) is 24.3 Å². The van der Waals surface area contributed by atoms with Gasteiger partial charge in [0.2, 0.25) is 0 Å². The molecule has 0 spiro atoms. The lowest BCUT2D eigenvalue weighted by Crippen LogP contribution is -2.23. The van der Waals surface area contributed by atoms with Crippen molar-refractivity contribution in [1.82, 2.24) is 4.90 Å². The lowest BCUT2D eigenvalue weighted by atomic mass is 9.98. The SMILES string of the molecule is O=C(O)Nc1ccccc1NC(=O)c1ccc(CC2CCN(CC3CC3)C2)cc1. The van der Waals surface area contributed by atoms with Crippen LogP contribution >= 0.6 is 0 Å². The predicted molar refractivity (Wildman–Crippen MR) is 113 cm³/mol. The van der Waals surface area contributed by atoms with Crippen LogP contribution in [-0.4, -0.2) is 41.6 Å². The number of carboxylic acid groups (broad SMARTS) is 1. The Kier molecular flexibility index (Phi) is 5.81. The van der Waals surface area contributed by atoms with Gasteiger partial charge in [-0.1, -0.05) is 24.3 Å². The molecule has 2 aromatic rings. The van der Waals surface area contributed by atoms with Gasteiger partial charge in [-0.25, -0.2) is 4.79 Å². The van der Waals surface area contributed by atoms with Crippen molar-refractivity contribution in [3.8, 4) is 0 Å². The number of carbonyl (C=O) groups is 2. The van der Waals surface area contributed by atoms with E-state index in [-0.39, 0.29) is 5.91 Å². The molecule has 2 fully saturated rings. The number of para-hydroxylation sites is 2. The molecule has 3 N–H and O–H groups in total. The summed E-state index contributed by atoms with van der Waals surface area (Å²) in [6.07, 6.45) is 3.94. The first kappa shape index (κ1) is 19.5. The van der Waals surface area contributed by atoms with Crippen LogP contribution in [0.5, 0.6) is 0 Å². The van der Waals surface area contributed by atoms with Crippen LogP contribution in [0.1, 0.15) is 35.2 Å². The Morgan fingerprint density at radius 1 is 0.931 bits per heavy atom. The number of nitrogens with zero attached hydrogens (tertiary/aromatic N) is 1. The fraction of sp³-hybridized carbons (Fsp3) is 0.391. The molecule has 0 radical (unpaired) electrons. The highest BCUT2D eigenvalue weighted by molar-refractivity contribution is 6.06. The van der Waals surface area contributed by atoms with Gasteiger partial charge in [-0.15, -0.1) is 0 Å². The second-order valence-electron chi connectivity index (χ2n) is 8.19. The molecular formula is C23H27N3O3. The molecule has 2 aromatic carbocycles. The molecular weight excluding hydrogens is 366 g/mol. The predicted octanol–water partition coefficient (Wildman–Crippen LogP) is 4.30. The van der Waals surface area contributed by atoms with Crippen molar-refractivity contribution in [2.45, 2.75) is 25.7 Å². The monoisotopic (exact) mass is 393 g/mol. The van der Waals surface area contributed by atoms with Crippen molar-refractivity contribution in [3.05, 3.63) is 59.7 Å². The van der Waals surface area contributed by atoms with E-state index >= 15 is 0 Å². The van der Waals surface area contributed by atoms with Crippen molar-refractivity contribution < 1.29 is 14.7 Å². The van der Waals surface area contributed by atoms with Gasteiger partial charge in [0.1, 0.15) is 0 Å². The Morgan fingerprint density at radius 3 is 2.28 bits per heavy atom. The molecule has 1 saturated carbocycles. The van der Waals surface area contributed by atoms with Crippen LogP contribution in [0, 0.1) is 11.8 Å². The molecule has 1 aliphatic carbocycles. The third-order valence-electron chi connectivity index (χ3n) is 5.74. The number of benzene rings is 2. The third kappa shape index (κ3) is 5.35. The summed E-state index contributed by atoms with van der Waals surface area (Å²) in [5.74, 6) is 1.39. The average Bonchev–Trinajstić information content (AvgIpc) is 3.41. The molecule has 1 atom stereocenters. The van der Waals surface area contributed by atoms with Gasteiger partial charge >= 0.3 is 6.09 Å². The van der Waals surface area contributed by atoms with Gasteiger partial charge in [-0.3, -0.25) is 10.1 Å². The summed E-state index contributed by atoms with van der Waals surface area (Å²) in [6, 6.07) is 14.5. The van der Waals surface area contributed by atoms with Crippen LogP contribution in [0.15, 0.2) is 48.5 Å². The Morgan fingerprint density at radius 2 is 1.62 bits per heavy atom. The highest BCUT2D eigenvalue weighted by Crippen LogP contribution is 2.32. The number of nitrogens with one attached hydrogen (secondary N) is 2. The van der Waals surface area contributed by atoms with Crippen molar-refractivity contribution in [1.29, 1.82) is 0 Å². The molecule has 1 aliphatic heterocycles. The van der Waals surface area contributed by atoms with Gasteiger partial charge in [0, 0.05) is 18.7 Å². The number of rotatable bonds is 7. The fourth-order valence-electron chi connectivity index (χ4n) is 4.05. The molecule has 4 rings (SSSR count). The Hall–Kier alpha value is -2.86. The van der Waals surface area contributed by atoms with Gasteiger partial charge < -0.3 is 15.3 Å². The largest absolute Gasteiger partial charge is 0.465 e. The van der Waals surface area contributed by atoms with E-state index < -0.39 is 6.09 Å². The highest BCUT2D eigenvalue weighted by atomic mass is 16.4. The second-order valence-corrected chi connectivity index (χ2v) is 8.19. The first-order valence-electron chi connectivity index (χ1n) is 10.3. The van der Waals surface area contributed by atoms with E-state index in [0.29, 0.717) is 22.9 Å². The molecule has 2 amide bonds. The Labute approximate surface area is 170 Å². The van der Waals surface area contributed by atoms with Gasteiger partial charge in [0.05, 0.1) is 11.4 Å². The molecule has 1 heterocycles. The van der Waals surface area contributed by atoms with Crippen LogP contribution in [0.25, 0.3) is 0 Å². The maximum absolute atomic E-state index is 12.6. The molecule has 6 heteroatoms. The first-order valence-corrected chi connectivity index (χ1v) is 10.3. The van der Waals surface area contributed by atoms with E-state index in [1.165, 1.54) is 44.5 Å². The zero-order valence-corrected chi connectivity index (χ0v) is 16.4. The summed E-state index contributed by atoms with van der Waals surface area (Å²) in [7, 11) is 0. The lowest BCUT2D eigenvalue weighted by molar-refractivity contribution is 0.102. The van der Waals surface area contributed by atoms with Gasteiger partial charge in [0.15, 0.2) is 0 Å². The Bertz CT molecular complexity index is 877. The minimum absolute atomic E-state index is 0.257. The zero-order valence-electron chi connectivity index (χ0n) is 16.4. The van der Waals surface area contributed by atoms with Crippen molar-refractivity contribution in [2.24, 2.45) is 11.8 Å². The van der Waals surface area contributed by atoms with E-state index in [2.05, 4.69) is 15.5 Å². The number of amides is 2. The summed E-state index contributed by atoms with van der Waals surface area (Å²) in [4.78, 5) is 26.1. The minimum Gasteiger partial charge on any atom is -0.465 e. The van der Waals surface area contributed by atoms with Crippen LogP contribution < -0.4 is 10.6 Å². The molecule has 0 bridgehead atoms. The fourth-order valence-corrected chi connectivity index (χ4v) is 4.05. The second kappa shape index (κ2) is 8.66. The summed E-state index contributed by atoms with van der Waals surface area (Å²) in [6.45, 7) is 3.67. The molecule has 29 heavy (non-hydrogen) atoms. The van der Waals surface area contributed by atoms with Gasteiger partial charge in [0.25, 0.3) is 5.91 Å². The quantitative estimate of drug-likeness (QED) is 0.655. The number of carbonyl (C=O) groups excluding carboxylic acids is 1. The standard InChI is InChI=1S/C23H27N3O3/c27-22(24-20-3-1-2-4-21(20)25-23(28)29)19-9-7-16(8-10-19)13-18-11-12-26(15-18)14-17-5-6-17/h1-4,7-10,17-18,25H,5-6,11-15H2,(H,24,27)(H,28,29). The average molecular weight is 393 g/mol. The number of hydrogen-bond donors (Lipinski definition) is 3. The third-order valence-corrected chi connectivity index (χ3v) is 5.74. The van der Waals surface area contributed by atoms with Gasteiger partial charge in [-0.05, 0) is 73.9 Å². The molecule has 0 aromatic heterocycles. The van der Waals surface area contributed by atoms with Crippen LogP contribution in [0.4, 0.5) is 16.2 Å². The number of anilines is 2. The van der Waals surface area contributed by atoms with Crippen LogP contribution in [-0.2, 0) is 6.42 Å². The molecule has 1 unspecified atom stereocenters. The maximum Gasteiger partial charge on any atom is 0.409 e. The number of likely N-dealkylation sites (tertiary alicyclic amines) is 1. The topological polar surface area (TPSA) is 81.7 Å². The lowest BCUT2D eigenvalue weighted by Gasteiger charge is -2.15. The highest BCUT2D eigenvalue weighted by Gasteiger charge is 2.29. The summed E-state index contributed by atoms with van der Waals surface area (Å²) < 4.78 is 0. The van der Waals surface area contributed by atoms with E-state index in [1.807, 2.05) is 24.3 Å². The van der Waals surface area contributed by atoms with E-state index in [0.717, 1.165) is 12.3 Å². The van der Waals surface area contributed by atoms with Crippen LogP contribution in [0.3, 0.4) is 0 Å². The number of hydrogen-bond acceptors (Lipinski definition) is 3. The minimum atomic E-state index is -1.17. The maximum atomic E-state index is 12.6. The van der Waals surface area contributed by atoms with Crippen molar-refractivity contribution >= 4 is 23.4 Å². The smallest absolute Gasteiger partial charge is 0.409 e. The molecule has 1 saturated heterocycles. The van der Waals surface area contributed by atoms with E-state index in [4.69, 9.17) is 5.11 Å². The molecule has 6 nitrogen and oxygen atoms in total. The van der Waals surface area contributed by atoms with Crippen molar-refractivity contribution in [2.75, 3.05) is 30.3 Å². The normalized spacial score (nSPS) is 19.1. The summed E-state index contributed by atoms with van der Waals surface area (Å²) in [5, 5.41) is 14.0. The van der Waals surface area contributed by atoms with Gasteiger partial charge in [-0.2, -0.15) is 0 Å². The Balaban J connectivity index is 1.33. The molecule has 152 valence electrons. The first-order chi connectivity index (χ1) is 14.1. The summed E-state index contributed by atoms with van der Waals surface area (Å²) in [5.41, 5.74) is 2.60. The zero-order chi connectivity index (χ0) is 20.2. The van der Waals surface area contributed by atoms with Crippen molar-refractivity contribution in [3.63, 3.8) is 0 Å². The summed E-state index contributed by atoms with van der Waals surface area (Å²) >= 11 is 0.